The standard InChI is InChI=1S/C13H12F3N3OS/c14-13(15,16)8-3-4-11(19-17)10(6-8)12(20)18-7-9-2-1-5-21-9/h1-6,19H,7,17H2,(H,18,20). The number of rotatable bonds is 4. The number of hydrazine groups is 1. The third kappa shape index (κ3) is 3.73. The molecule has 2 rings (SSSR count). The number of carbonyl (C=O) groups excluding carboxylic acids is 1. The van der Waals surface area contributed by atoms with Crippen LogP contribution in [0.1, 0.15) is 20.8 Å². The van der Waals surface area contributed by atoms with Crippen LogP contribution in [0.15, 0.2) is 35.7 Å². The second-order valence-corrected chi connectivity index (χ2v) is 5.20. The molecule has 21 heavy (non-hydrogen) atoms. The molecule has 112 valence electrons. The lowest BCUT2D eigenvalue weighted by atomic mass is 10.1. The summed E-state index contributed by atoms with van der Waals surface area (Å²) in [6.07, 6.45) is -4.52. The lowest BCUT2D eigenvalue weighted by Crippen LogP contribution is -2.25. The maximum Gasteiger partial charge on any atom is 0.416 e. The second kappa shape index (κ2) is 6.15. The van der Waals surface area contributed by atoms with Gasteiger partial charge in [0.15, 0.2) is 0 Å². The Morgan fingerprint density at radius 2 is 2.05 bits per heavy atom. The monoisotopic (exact) mass is 315 g/mol. The second-order valence-electron chi connectivity index (χ2n) is 4.16. The molecule has 2 aromatic rings. The van der Waals surface area contributed by atoms with Crippen LogP contribution in [-0.4, -0.2) is 5.91 Å². The van der Waals surface area contributed by atoms with Crippen LogP contribution in [0.4, 0.5) is 18.9 Å². The van der Waals surface area contributed by atoms with Crippen molar-refractivity contribution in [3.05, 3.63) is 51.7 Å². The largest absolute Gasteiger partial charge is 0.416 e. The Hall–Kier alpha value is -2.06. The quantitative estimate of drug-likeness (QED) is 0.600. The van der Waals surface area contributed by atoms with E-state index >= 15 is 0 Å². The van der Waals surface area contributed by atoms with Gasteiger partial charge in [0.1, 0.15) is 0 Å². The maximum absolute atomic E-state index is 12.7. The molecule has 0 aliphatic carbocycles. The summed E-state index contributed by atoms with van der Waals surface area (Å²) >= 11 is 1.44. The number of nitrogens with two attached hydrogens (primary N) is 1. The summed E-state index contributed by atoms with van der Waals surface area (Å²) in [7, 11) is 0. The highest BCUT2D eigenvalue weighted by molar-refractivity contribution is 7.09. The maximum atomic E-state index is 12.7. The van der Waals surface area contributed by atoms with Gasteiger partial charge >= 0.3 is 6.18 Å². The first-order valence-electron chi connectivity index (χ1n) is 5.90. The molecule has 0 aliphatic rings. The van der Waals surface area contributed by atoms with E-state index < -0.39 is 17.6 Å². The number of halogens is 3. The zero-order valence-electron chi connectivity index (χ0n) is 10.7. The predicted molar refractivity (Wildman–Crippen MR) is 74.7 cm³/mol. The van der Waals surface area contributed by atoms with E-state index in [1.807, 2.05) is 17.5 Å². The third-order valence-corrected chi connectivity index (χ3v) is 3.63. The molecule has 0 spiro atoms. The molecule has 1 heterocycles. The molecule has 0 saturated heterocycles. The summed E-state index contributed by atoms with van der Waals surface area (Å²) in [4.78, 5) is 12.9. The molecule has 0 aliphatic heterocycles. The van der Waals surface area contributed by atoms with Gasteiger partial charge in [-0.3, -0.25) is 10.6 Å². The molecule has 1 aromatic heterocycles. The van der Waals surface area contributed by atoms with Crippen molar-refractivity contribution in [1.82, 2.24) is 5.32 Å². The van der Waals surface area contributed by atoms with Gasteiger partial charge in [-0.2, -0.15) is 13.2 Å². The number of nitrogens with one attached hydrogen (secondary N) is 2. The number of hydrogen-bond acceptors (Lipinski definition) is 4. The van der Waals surface area contributed by atoms with Crippen molar-refractivity contribution >= 4 is 22.9 Å². The molecule has 0 radical (unpaired) electrons. The average Bonchev–Trinajstić information content (AvgIpc) is 2.96. The smallest absolute Gasteiger partial charge is 0.347 e. The molecular formula is C13H12F3N3OS. The fraction of sp³-hybridized carbons (Fsp3) is 0.154. The molecule has 1 amide bonds. The third-order valence-electron chi connectivity index (χ3n) is 2.75. The highest BCUT2D eigenvalue weighted by atomic mass is 32.1. The molecule has 4 N–H and O–H groups in total. The number of carbonyl (C=O) groups is 1. The van der Waals surface area contributed by atoms with Crippen molar-refractivity contribution in [2.75, 3.05) is 5.43 Å². The van der Waals surface area contributed by atoms with Gasteiger partial charge in [-0.15, -0.1) is 11.3 Å². The van der Waals surface area contributed by atoms with E-state index in [0.717, 1.165) is 23.1 Å². The summed E-state index contributed by atoms with van der Waals surface area (Å²) in [5.41, 5.74) is 1.30. The van der Waals surface area contributed by atoms with Gasteiger partial charge in [-0.05, 0) is 29.6 Å². The summed E-state index contributed by atoms with van der Waals surface area (Å²) in [6.45, 7) is 0.247. The SMILES string of the molecule is NNc1ccc(C(F)(F)F)cc1C(=O)NCc1cccs1. The molecule has 0 saturated carbocycles. The zero-order valence-corrected chi connectivity index (χ0v) is 11.5. The Balaban J connectivity index is 2.21. The van der Waals surface area contributed by atoms with Crippen LogP contribution in [0.3, 0.4) is 0 Å². The van der Waals surface area contributed by atoms with E-state index in [9.17, 15) is 18.0 Å². The van der Waals surface area contributed by atoms with E-state index in [1.54, 1.807) is 0 Å². The van der Waals surface area contributed by atoms with E-state index in [1.165, 1.54) is 11.3 Å². The van der Waals surface area contributed by atoms with Gasteiger partial charge in [0, 0.05) is 4.88 Å². The van der Waals surface area contributed by atoms with Gasteiger partial charge in [0.05, 0.1) is 23.4 Å². The summed E-state index contributed by atoms with van der Waals surface area (Å²) < 4.78 is 38.1. The summed E-state index contributed by atoms with van der Waals surface area (Å²) in [5, 5.41) is 4.41. The molecule has 8 heteroatoms. The predicted octanol–water partition coefficient (Wildman–Crippen LogP) is 2.98. The van der Waals surface area contributed by atoms with Crippen molar-refractivity contribution in [3.63, 3.8) is 0 Å². The first-order valence-corrected chi connectivity index (χ1v) is 6.78. The fourth-order valence-electron chi connectivity index (χ4n) is 1.71. The van der Waals surface area contributed by atoms with Gasteiger partial charge in [0.25, 0.3) is 5.91 Å². The van der Waals surface area contributed by atoms with E-state index in [0.29, 0.717) is 0 Å². The number of alkyl halides is 3. The fourth-order valence-corrected chi connectivity index (χ4v) is 2.35. The van der Waals surface area contributed by atoms with Crippen LogP contribution in [0, 0.1) is 0 Å². The number of anilines is 1. The van der Waals surface area contributed by atoms with E-state index in [4.69, 9.17) is 5.84 Å². The Kier molecular flexibility index (Phi) is 4.49. The van der Waals surface area contributed by atoms with Crippen LogP contribution in [0.5, 0.6) is 0 Å². The number of hydrogen-bond donors (Lipinski definition) is 3. The van der Waals surface area contributed by atoms with Crippen molar-refractivity contribution < 1.29 is 18.0 Å². The normalized spacial score (nSPS) is 11.2. The minimum absolute atomic E-state index is 0.131. The zero-order chi connectivity index (χ0) is 15.5. The van der Waals surface area contributed by atoms with Crippen LogP contribution >= 0.6 is 11.3 Å². The minimum atomic E-state index is -4.52. The highest BCUT2D eigenvalue weighted by Crippen LogP contribution is 2.31. The molecule has 0 atom stereocenters. The van der Waals surface area contributed by atoms with Crippen LogP contribution < -0.4 is 16.6 Å². The first kappa shape index (κ1) is 15.3. The Morgan fingerprint density at radius 1 is 1.29 bits per heavy atom. The van der Waals surface area contributed by atoms with Gasteiger partial charge < -0.3 is 10.7 Å². The van der Waals surface area contributed by atoms with Gasteiger partial charge in [-0.1, -0.05) is 6.07 Å². The van der Waals surface area contributed by atoms with Crippen molar-refractivity contribution in [1.29, 1.82) is 0 Å². The van der Waals surface area contributed by atoms with Crippen molar-refractivity contribution in [2.24, 2.45) is 5.84 Å². The topological polar surface area (TPSA) is 67.1 Å². The number of amides is 1. The molecule has 0 unspecified atom stereocenters. The Bertz CT molecular complexity index is 626. The summed E-state index contributed by atoms with van der Waals surface area (Å²) in [5.74, 6) is 4.61. The van der Waals surface area contributed by atoms with Crippen LogP contribution in [0.25, 0.3) is 0 Å². The van der Waals surface area contributed by atoms with E-state index in [-0.39, 0.29) is 17.8 Å². The highest BCUT2D eigenvalue weighted by Gasteiger charge is 2.31. The Labute approximate surface area is 122 Å². The average molecular weight is 315 g/mol. The number of nitrogen functional groups attached to an aromatic ring is 1. The number of thiophene rings is 1. The lowest BCUT2D eigenvalue weighted by Gasteiger charge is -2.13. The molecule has 0 bridgehead atoms. The Morgan fingerprint density at radius 3 is 2.62 bits per heavy atom. The van der Waals surface area contributed by atoms with Crippen molar-refractivity contribution in [2.45, 2.75) is 12.7 Å². The molecule has 1 aromatic carbocycles. The molecule has 4 nitrogen and oxygen atoms in total. The summed E-state index contributed by atoms with van der Waals surface area (Å²) in [6, 6.07) is 6.41. The molecule has 0 fully saturated rings. The molecular weight excluding hydrogens is 303 g/mol. The lowest BCUT2D eigenvalue weighted by molar-refractivity contribution is -0.137. The van der Waals surface area contributed by atoms with Crippen LogP contribution in [0.2, 0.25) is 0 Å². The van der Waals surface area contributed by atoms with Crippen molar-refractivity contribution in [3.8, 4) is 0 Å². The van der Waals surface area contributed by atoms with Gasteiger partial charge in [-0.25, -0.2) is 0 Å². The number of benzene rings is 1. The van der Waals surface area contributed by atoms with Gasteiger partial charge in [0.2, 0.25) is 0 Å². The van der Waals surface area contributed by atoms with Crippen LogP contribution in [-0.2, 0) is 12.7 Å². The first-order chi connectivity index (χ1) is 9.91. The van der Waals surface area contributed by atoms with E-state index in [2.05, 4.69) is 10.7 Å². The minimum Gasteiger partial charge on any atom is -0.347 e.